The third-order valence-electron chi connectivity index (χ3n) is 6.54. The molecule has 0 heterocycles. The summed E-state index contributed by atoms with van der Waals surface area (Å²) < 4.78 is 19.4. The van der Waals surface area contributed by atoms with Gasteiger partial charge >= 0.3 is 0 Å². The highest BCUT2D eigenvalue weighted by Gasteiger charge is 1.88. The maximum Gasteiger partial charge on any atom is 0.155 e. The molecule has 0 bridgehead atoms. The van der Waals surface area contributed by atoms with Crippen LogP contribution in [-0.2, 0) is 42.9 Å². The van der Waals surface area contributed by atoms with Crippen molar-refractivity contribution in [2.45, 2.75) is 250 Å². The van der Waals surface area contributed by atoms with E-state index in [0.717, 1.165) is 105 Å². The predicted molar refractivity (Wildman–Crippen MR) is 353 cm³/mol. The number of hydrogen-bond donors (Lipinski definition) is 0. The number of carbonyl (C=O) groups is 5. The Balaban J connectivity index is -0.0000000557. The molecule has 0 aromatic heterocycles. The molecule has 0 rings (SSSR count). The lowest BCUT2D eigenvalue weighted by Gasteiger charge is -1.94. The van der Waals surface area contributed by atoms with Crippen LogP contribution in [0.1, 0.15) is 250 Å². The van der Waals surface area contributed by atoms with Crippen molar-refractivity contribution in [1.29, 1.82) is 0 Å². The predicted octanol–water partition coefficient (Wildman–Crippen LogP) is 17.9. The molecule has 0 saturated heterocycles. The van der Waals surface area contributed by atoms with Gasteiger partial charge < -0.3 is 33.3 Å². The smallest absolute Gasteiger partial charge is 0.155 e. The van der Waals surface area contributed by atoms with Crippen LogP contribution in [0.2, 0.25) is 0 Å². The molecule has 0 saturated carbocycles. The van der Waals surface area contributed by atoms with E-state index in [1.165, 1.54) is 33.1 Å². The molecule has 0 aliphatic carbocycles. The monoisotopic (exact) mass is 1170 g/mol. The number of rotatable bonds is 25. The molecule has 0 spiro atoms. The standard InChI is InChI=1S/2C5H10O2.2C5H10OS.2C5H10O.3C5H10S.C4H8O.2C4H8S/c2*1-3-7-4-5(2)6;2*1-3-6-4-5(2)7;5*1-3-4-5(2)6;3*1-3-4(2)5/h4*3-4H2,1-2H3;5*3-4H2,1-2H3;3*3H2,1-2H3. The molecule has 0 atom stereocenters. The van der Waals surface area contributed by atoms with Gasteiger partial charge in [0.25, 0.3) is 0 Å². The van der Waals surface area contributed by atoms with Gasteiger partial charge in [0.15, 0.2) is 11.6 Å². The van der Waals surface area contributed by atoms with E-state index in [9.17, 15) is 24.0 Å². The van der Waals surface area contributed by atoms with E-state index in [1.54, 1.807) is 20.8 Å². The van der Waals surface area contributed by atoms with Crippen molar-refractivity contribution in [2.75, 3.05) is 52.9 Å². The highest BCUT2D eigenvalue weighted by atomic mass is 32.1. The topological polar surface area (TPSA) is 122 Å². The summed E-state index contributed by atoms with van der Waals surface area (Å²) in [6.07, 6.45) is 13.1. The molecule has 0 N–H and O–H groups in total. The largest absolute Gasteiger partial charge is 0.377 e. The van der Waals surface area contributed by atoms with Gasteiger partial charge in [-0.2, -0.15) is 0 Å². The summed E-state index contributed by atoms with van der Waals surface area (Å²) in [5.41, 5.74) is 0. The van der Waals surface area contributed by atoms with E-state index in [1.807, 2.05) is 96.9 Å². The van der Waals surface area contributed by atoms with Crippen molar-refractivity contribution in [3.63, 3.8) is 0 Å². The second-order valence-corrected chi connectivity index (χ2v) is 20.7. The zero-order valence-corrected chi connectivity index (χ0v) is 57.1. The average molecular weight is 1170 g/mol. The molecule has 16 heteroatoms. The lowest BCUT2D eigenvalue weighted by Crippen LogP contribution is -2.02. The van der Waals surface area contributed by atoms with Crippen molar-refractivity contribution in [3.05, 3.63) is 0 Å². The SMILES string of the molecule is CCC(C)=O.CCC(C)=S.CCC(C)=S.CCCC(C)=O.CCCC(C)=O.CCCC(C)=S.CCCC(C)=S.CCCC(C)=S.CCOCC(C)=O.CCOCC(C)=O.CCOCC(C)=S.CCOCC(C)=S. The van der Waals surface area contributed by atoms with Crippen LogP contribution in [0.4, 0.5) is 0 Å². The number of carbonyl (C=O) groups excluding carboxylic acids is 5. The van der Waals surface area contributed by atoms with Gasteiger partial charge in [0.05, 0.1) is 13.2 Å². The third-order valence-corrected chi connectivity index (χ3v) is 7.97. The fourth-order valence-corrected chi connectivity index (χ4v) is 3.52. The Morgan fingerprint density at radius 3 is 0.452 bits per heavy atom. The minimum Gasteiger partial charge on any atom is -0.377 e. The van der Waals surface area contributed by atoms with Crippen LogP contribution in [0.3, 0.4) is 0 Å². The molecule has 0 unspecified atom stereocenters. The zero-order chi connectivity index (χ0) is 60.6. The molecule has 0 aliphatic heterocycles. The molecule has 438 valence electrons. The van der Waals surface area contributed by atoms with Crippen molar-refractivity contribution in [2.24, 2.45) is 0 Å². The molecular weight excluding hydrogens is 1050 g/mol. The van der Waals surface area contributed by atoms with Crippen LogP contribution < -0.4 is 0 Å². The Morgan fingerprint density at radius 2 is 0.425 bits per heavy atom. The molecule has 0 radical (unpaired) electrons. The summed E-state index contributed by atoms with van der Waals surface area (Å²) in [7, 11) is 0. The molecule has 0 fully saturated rings. The van der Waals surface area contributed by atoms with Gasteiger partial charge in [0, 0.05) is 55.4 Å². The van der Waals surface area contributed by atoms with Gasteiger partial charge in [-0.15, -0.1) is 0 Å². The van der Waals surface area contributed by atoms with Gasteiger partial charge in [-0.25, -0.2) is 0 Å². The van der Waals surface area contributed by atoms with Crippen molar-refractivity contribution < 1.29 is 42.9 Å². The summed E-state index contributed by atoms with van der Waals surface area (Å²) in [5.74, 6) is 1.00. The van der Waals surface area contributed by atoms with Crippen molar-refractivity contribution in [3.8, 4) is 0 Å². The zero-order valence-electron chi connectivity index (χ0n) is 51.4. The van der Waals surface area contributed by atoms with Gasteiger partial charge in [-0.05, 0) is 180 Å². The van der Waals surface area contributed by atoms with E-state index in [2.05, 4.69) is 34.6 Å². The highest BCUT2D eigenvalue weighted by molar-refractivity contribution is 7.81. The van der Waals surface area contributed by atoms with E-state index in [4.69, 9.17) is 104 Å². The Morgan fingerprint density at radius 1 is 0.247 bits per heavy atom. The van der Waals surface area contributed by atoms with Crippen molar-refractivity contribution >= 4 is 148 Å². The van der Waals surface area contributed by atoms with Crippen molar-refractivity contribution in [1.82, 2.24) is 0 Å². The number of hydrogen-bond acceptors (Lipinski definition) is 16. The van der Waals surface area contributed by atoms with Gasteiger partial charge in [0.2, 0.25) is 0 Å². The number of ketones is 5. The minimum absolute atomic E-state index is 0.0850. The third kappa shape index (κ3) is 261. The first kappa shape index (κ1) is 101. The molecule has 0 amide bonds. The lowest BCUT2D eigenvalue weighted by atomic mass is 10.3. The van der Waals surface area contributed by atoms with Crippen LogP contribution in [0, 0.1) is 0 Å². The Hall–Kier alpha value is -1.18. The molecule has 0 aromatic rings. The summed E-state index contributed by atoms with van der Waals surface area (Å²) in [5, 5.41) is 0. The van der Waals surface area contributed by atoms with Crippen LogP contribution >= 0.6 is 85.5 Å². The molecular formula is C57H114O9S7. The fourth-order valence-electron chi connectivity index (χ4n) is 2.74. The summed E-state index contributed by atoms with van der Waals surface area (Å²) in [4.78, 5) is 57.4. The van der Waals surface area contributed by atoms with Gasteiger partial charge in [-0.3, -0.25) is 9.59 Å². The number of thiocarbonyl (C=S) groups is 7. The minimum atomic E-state index is 0.0850. The molecule has 0 aliphatic rings. The Kier molecular flexibility index (Phi) is 133. The quantitative estimate of drug-likeness (QED) is 0.0805. The van der Waals surface area contributed by atoms with Crippen LogP contribution in [0.5, 0.6) is 0 Å². The lowest BCUT2D eigenvalue weighted by molar-refractivity contribution is -0.122. The molecule has 9 nitrogen and oxygen atoms in total. The van der Waals surface area contributed by atoms with Gasteiger partial charge in [-0.1, -0.05) is 160 Å². The summed E-state index contributed by atoms with van der Waals surface area (Å²) in [6, 6.07) is 0. The molecule has 0 aromatic carbocycles. The number of Topliss-reactive ketones (excluding diaryl/α,β-unsaturated/α-hetero) is 5. The fraction of sp³-hybridized carbons (Fsp3) is 0.789. The second kappa shape index (κ2) is 96.5. The average Bonchev–Trinajstić information content (AvgIpc) is 3.28. The first-order valence-corrected chi connectivity index (χ1v) is 28.8. The maximum atomic E-state index is 10.1. The first-order chi connectivity index (χ1) is 33.7. The summed E-state index contributed by atoms with van der Waals surface area (Å²) >= 11 is 33.2. The number of ether oxygens (including phenoxy) is 4. The van der Waals surface area contributed by atoms with E-state index >= 15 is 0 Å². The Bertz CT molecular complexity index is 1110. The first-order valence-electron chi connectivity index (χ1n) is 26.0. The van der Waals surface area contributed by atoms with Crippen LogP contribution in [0.15, 0.2) is 0 Å². The summed E-state index contributed by atoms with van der Waals surface area (Å²) in [6.45, 7) is 50.0. The van der Waals surface area contributed by atoms with E-state index in [0.29, 0.717) is 32.8 Å². The van der Waals surface area contributed by atoms with E-state index < -0.39 is 0 Å². The Labute approximate surface area is 490 Å². The van der Waals surface area contributed by atoms with Gasteiger partial charge in [0.1, 0.15) is 30.6 Å². The maximum absolute atomic E-state index is 10.1. The molecule has 73 heavy (non-hydrogen) atoms. The normalized spacial score (nSPS) is 8.38. The second-order valence-electron chi connectivity index (χ2n) is 15.8. The van der Waals surface area contributed by atoms with Crippen LogP contribution in [-0.4, -0.2) is 116 Å². The highest BCUT2D eigenvalue weighted by Crippen LogP contribution is 1.90. The van der Waals surface area contributed by atoms with E-state index in [-0.39, 0.29) is 42.1 Å². The van der Waals surface area contributed by atoms with Crippen LogP contribution in [0.25, 0.3) is 0 Å².